The summed E-state index contributed by atoms with van der Waals surface area (Å²) in [6, 6.07) is 0. The number of likely N-dealkylation sites (tertiary alicyclic amines) is 3. The number of hydrogen-bond donors (Lipinski definition) is 1. The molecule has 0 radical (unpaired) electrons. The normalized spacial score (nSPS) is 27.8. The fourth-order valence-corrected chi connectivity index (χ4v) is 5.07. The van der Waals surface area contributed by atoms with Gasteiger partial charge in [0.1, 0.15) is 0 Å². The van der Waals surface area contributed by atoms with Crippen molar-refractivity contribution in [2.45, 2.75) is 44.9 Å². The second kappa shape index (κ2) is 9.51. The van der Waals surface area contributed by atoms with Gasteiger partial charge in [-0.1, -0.05) is 0 Å². The van der Waals surface area contributed by atoms with Crippen LogP contribution in [0.4, 0.5) is 0 Å². The van der Waals surface area contributed by atoms with Crippen LogP contribution in [0.5, 0.6) is 0 Å². The first kappa shape index (κ1) is 18.6. The minimum absolute atomic E-state index is 0.320. The lowest BCUT2D eigenvalue weighted by Crippen LogP contribution is -2.41. The molecule has 0 amide bonds. The van der Waals surface area contributed by atoms with Crippen molar-refractivity contribution in [3.05, 3.63) is 0 Å². The molecule has 24 heavy (non-hydrogen) atoms. The number of piperidine rings is 3. The fraction of sp³-hybridized carbons (Fsp3) is 1.00. The molecule has 4 nitrogen and oxygen atoms in total. The van der Waals surface area contributed by atoms with Crippen molar-refractivity contribution < 1.29 is 5.11 Å². The first-order valence-electron chi connectivity index (χ1n) is 10.5. The number of hydrogen-bond acceptors (Lipinski definition) is 4. The molecule has 3 fully saturated rings. The molecule has 0 aromatic carbocycles. The highest BCUT2D eigenvalue weighted by atomic mass is 16.3. The van der Waals surface area contributed by atoms with E-state index in [4.69, 9.17) is 5.11 Å². The molecule has 0 aliphatic carbocycles. The Morgan fingerprint density at radius 3 is 1.75 bits per heavy atom. The summed E-state index contributed by atoms with van der Waals surface area (Å²) in [5.41, 5.74) is 0. The molecule has 4 heteroatoms. The molecular formula is C20H39N3O. The largest absolute Gasteiger partial charge is 0.395 e. The van der Waals surface area contributed by atoms with E-state index < -0.39 is 0 Å². The van der Waals surface area contributed by atoms with Crippen LogP contribution < -0.4 is 0 Å². The second-order valence-electron chi connectivity index (χ2n) is 8.73. The second-order valence-corrected chi connectivity index (χ2v) is 8.73. The Kier molecular flexibility index (Phi) is 7.38. The Balaban J connectivity index is 1.30. The van der Waals surface area contributed by atoms with Crippen molar-refractivity contribution >= 4 is 0 Å². The minimum atomic E-state index is 0.320. The summed E-state index contributed by atoms with van der Waals surface area (Å²) in [5.74, 6) is 2.88. The van der Waals surface area contributed by atoms with Crippen LogP contribution in [0.15, 0.2) is 0 Å². The van der Waals surface area contributed by atoms with Gasteiger partial charge in [0.05, 0.1) is 6.61 Å². The smallest absolute Gasteiger partial charge is 0.0558 e. The SMILES string of the molecule is CN1CCC(CN2CCC(CC3CCN(CCO)CC3)CC2)CC1. The van der Waals surface area contributed by atoms with Gasteiger partial charge in [-0.05, 0) is 109 Å². The maximum Gasteiger partial charge on any atom is 0.0558 e. The Hall–Kier alpha value is -0.160. The third kappa shape index (κ3) is 5.69. The summed E-state index contributed by atoms with van der Waals surface area (Å²) < 4.78 is 0. The first-order chi connectivity index (χ1) is 11.7. The highest BCUT2D eigenvalue weighted by Crippen LogP contribution is 2.30. The van der Waals surface area contributed by atoms with E-state index in [0.29, 0.717) is 6.61 Å². The van der Waals surface area contributed by atoms with E-state index in [1.807, 2.05) is 0 Å². The zero-order chi connectivity index (χ0) is 16.8. The molecule has 0 aromatic rings. The van der Waals surface area contributed by atoms with E-state index in [1.54, 1.807) is 0 Å². The van der Waals surface area contributed by atoms with Gasteiger partial charge in [-0.25, -0.2) is 0 Å². The van der Waals surface area contributed by atoms with Crippen LogP contribution in [-0.4, -0.2) is 85.8 Å². The van der Waals surface area contributed by atoms with Crippen LogP contribution in [0, 0.1) is 17.8 Å². The minimum Gasteiger partial charge on any atom is -0.395 e. The van der Waals surface area contributed by atoms with Crippen LogP contribution in [-0.2, 0) is 0 Å². The Bertz CT molecular complexity index is 341. The summed E-state index contributed by atoms with van der Waals surface area (Å²) in [4.78, 5) is 7.67. The molecule has 0 aromatic heterocycles. The first-order valence-corrected chi connectivity index (χ1v) is 10.5. The third-order valence-electron chi connectivity index (χ3n) is 6.85. The lowest BCUT2D eigenvalue weighted by atomic mass is 9.82. The van der Waals surface area contributed by atoms with Gasteiger partial charge < -0.3 is 19.8 Å². The van der Waals surface area contributed by atoms with Crippen molar-refractivity contribution in [1.82, 2.24) is 14.7 Å². The van der Waals surface area contributed by atoms with Crippen LogP contribution in [0.2, 0.25) is 0 Å². The van der Waals surface area contributed by atoms with Gasteiger partial charge in [-0.3, -0.25) is 0 Å². The predicted molar refractivity (Wildman–Crippen MR) is 100 cm³/mol. The molecule has 0 saturated carbocycles. The Morgan fingerprint density at radius 2 is 1.21 bits per heavy atom. The van der Waals surface area contributed by atoms with Gasteiger partial charge >= 0.3 is 0 Å². The average Bonchev–Trinajstić information content (AvgIpc) is 2.61. The zero-order valence-electron chi connectivity index (χ0n) is 15.8. The molecule has 0 unspecified atom stereocenters. The van der Waals surface area contributed by atoms with Gasteiger partial charge in [0.25, 0.3) is 0 Å². The summed E-state index contributed by atoms with van der Waals surface area (Å²) in [6.07, 6.45) is 9.86. The zero-order valence-corrected chi connectivity index (χ0v) is 15.8. The maximum absolute atomic E-state index is 9.05. The molecular weight excluding hydrogens is 298 g/mol. The lowest BCUT2D eigenvalue weighted by molar-refractivity contribution is 0.104. The van der Waals surface area contributed by atoms with Crippen LogP contribution in [0.1, 0.15) is 44.9 Å². The van der Waals surface area contributed by atoms with E-state index in [0.717, 1.165) is 24.3 Å². The van der Waals surface area contributed by atoms with Crippen molar-refractivity contribution in [3.63, 3.8) is 0 Å². The van der Waals surface area contributed by atoms with Crippen molar-refractivity contribution in [1.29, 1.82) is 0 Å². The topological polar surface area (TPSA) is 30.0 Å². The molecule has 3 aliphatic heterocycles. The summed E-state index contributed by atoms with van der Waals surface area (Å²) in [6.45, 7) is 10.3. The highest BCUT2D eigenvalue weighted by Gasteiger charge is 2.27. The van der Waals surface area contributed by atoms with Gasteiger partial charge in [0.2, 0.25) is 0 Å². The number of rotatable bonds is 6. The Labute approximate surface area is 149 Å². The molecule has 3 aliphatic rings. The molecule has 3 saturated heterocycles. The van der Waals surface area contributed by atoms with Crippen LogP contribution >= 0.6 is 0 Å². The van der Waals surface area contributed by atoms with Crippen molar-refractivity contribution in [2.75, 3.05) is 66.0 Å². The molecule has 1 N–H and O–H groups in total. The van der Waals surface area contributed by atoms with Crippen LogP contribution in [0.25, 0.3) is 0 Å². The van der Waals surface area contributed by atoms with Gasteiger partial charge in [-0.15, -0.1) is 0 Å². The quantitative estimate of drug-likeness (QED) is 0.804. The standard InChI is InChI=1S/C20H39N3O/c1-21-8-2-20(3-9-21)17-23-12-6-19(7-13-23)16-18-4-10-22(11-5-18)14-15-24/h18-20,24H,2-17H2,1H3. The Morgan fingerprint density at radius 1 is 0.708 bits per heavy atom. The summed E-state index contributed by atoms with van der Waals surface area (Å²) in [5, 5.41) is 9.05. The number of β-amino-alcohol motifs (C(OH)–C–C–N with tert-alkyl or cyclic N) is 1. The van der Waals surface area contributed by atoms with Crippen molar-refractivity contribution in [2.24, 2.45) is 17.8 Å². The average molecular weight is 338 g/mol. The maximum atomic E-state index is 9.05. The monoisotopic (exact) mass is 337 g/mol. The van der Waals surface area contributed by atoms with E-state index in [9.17, 15) is 0 Å². The summed E-state index contributed by atoms with van der Waals surface area (Å²) in [7, 11) is 2.26. The highest BCUT2D eigenvalue weighted by molar-refractivity contribution is 4.80. The fourth-order valence-electron chi connectivity index (χ4n) is 5.07. The van der Waals surface area contributed by atoms with E-state index in [-0.39, 0.29) is 0 Å². The van der Waals surface area contributed by atoms with E-state index in [2.05, 4.69) is 21.7 Å². The van der Waals surface area contributed by atoms with Gasteiger partial charge in [0, 0.05) is 13.1 Å². The molecule has 3 heterocycles. The van der Waals surface area contributed by atoms with Gasteiger partial charge in [-0.2, -0.15) is 0 Å². The third-order valence-corrected chi connectivity index (χ3v) is 6.85. The van der Waals surface area contributed by atoms with E-state index in [1.165, 1.54) is 90.8 Å². The van der Waals surface area contributed by atoms with Gasteiger partial charge in [0.15, 0.2) is 0 Å². The predicted octanol–water partition coefficient (Wildman–Crippen LogP) is 2.13. The molecule has 0 spiro atoms. The molecule has 140 valence electrons. The summed E-state index contributed by atoms with van der Waals surface area (Å²) >= 11 is 0. The number of nitrogens with zero attached hydrogens (tertiary/aromatic N) is 3. The molecule has 0 bridgehead atoms. The molecule has 3 rings (SSSR count). The lowest BCUT2D eigenvalue weighted by Gasteiger charge is -2.38. The number of aliphatic hydroxyl groups excluding tert-OH is 1. The van der Waals surface area contributed by atoms with E-state index >= 15 is 0 Å². The molecule has 0 atom stereocenters. The van der Waals surface area contributed by atoms with Crippen molar-refractivity contribution in [3.8, 4) is 0 Å². The number of aliphatic hydroxyl groups is 1. The van der Waals surface area contributed by atoms with Crippen LogP contribution in [0.3, 0.4) is 0 Å².